The summed E-state index contributed by atoms with van der Waals surface area (Å²) in [5.74, 6) is 0.865. The van der Waals surface area contributed by atoms with Crippen LogP contribution in [0.15, 0.2) is 16.8 Å². The van der Waals surface area contributed by atoms with Crippen LogP contribution in [0.25, 0.3) is 0 Å². The molecule has 0 bridgehead atoms. The predicted octanol–water partition coefficient (Wildman–Crippen LogP) is 2.51. The molecule has 1 aliphatic heterocycles. The summed E-state index contributed by atoms with van der Waals surface area (Å²) < 4.78 is 5.53. The van der Waals surface area contributed by atoms with Crippen LogP contribution in [-0.2, 0) is 4.74 Å². The molecule has 1 unspecified atom stereocenters. The molecule has 0 radical (unpaired) electrons. The van der Waals surface area contributed by atoms with Gasteiger partial charge in [0, 0.05) is 18.5 Å². The lowest BCUT2D eigenvalue weighted by Crippen LogP contribution is -2.11. The number of hydrogen-bond acceptors (Lipinski definition) is 2. The fraction of sp³-hybridized carbons (Fsp3) is 0.667. The minimum absolute atomic E-state index is 0.283. The van der Waals surface area contributed by atoms with Crippen molar-refractivity contribution in [3.63, 3.8) is 0 Å². The van der Waals surface area contributed by atoms with Gasteiger partial charge in [-0.3, -0.25) is 0 Å². The Hall–Kier alpha value is -0.790. The third-order valence-corrected chi connectivity index (χ3v) is 1.69. The van der Waals surface area contributed by atoms with Crippen molar-refractivity contribution in [3.8, 4) is 0 Å². The lowest BCUT2D eigenvalue weighted by molar-refractivity contribution is 0.208. The van der Waals surface area contributed by atoms with Crippen molar-refractivity contribution in [2.24, 2.45) is 4.99 Å². The molecular formula is C9H15NO. The first-order chi connectivity index (χ1) is 5.22. The summed E-state index contributed by atoms with van der Waals surface area (Å²) in [6, 6.07) is 0. The molecule has 1 atom stereocenters. The van der Waals surface area contributed by atoms with Crippen LogP contribution in [0.3, 0.4) is 0 Å². The summed E-state index contributed by atoms with van der Waals surface area (Å²) in [5, 5.41) is 0. The van der Waals surface area contributed by atoms with Crippen molar-refractivity contribution in [2.75, 3.05) is 0 Å². The van der Waals surface area contributed by atoms with E-state index >= 15 is 0 Å². The van der Waals surface area contributed by atoms with Gasteiger partial charge in [-0.25, -0.2) is 4.99 Å². The highest BCUT2D eigenvalue weighted by atomic mass is 16.5. The molecular weight excluding hydrogens is 138 g/mol. The SMILES string of the molecule is CCC1=NC(C)=CCC(C)O1. The minimum Gasteiger partial charge on any atom is -0.477 e. The lowest BCUT2D eigenvalue weighted by atomic mass is 10.2. The van der Waals surface area contributed by atoms with Crippen LogP contribution >= 0.6 is 0 Å². The van der Waals surface area contributed by atoms with Gasteiger partial charge in [0.05, 0.1) is 0 Å². The Balaban J connectivity index is 2.71. The highest BCUT2D eigenvalue weighted by Crippen LogP contribution is 2.11. The Morgan fingerprint density at radius 2 is 2.45 bits per heavy atom. The highest BCUT2D eigenvalue weighted by Gasteiger charge is 2.08. The van der Waals surface area contributed by atoms with Crippen molar-refractivity contribution < 1.29 is 4.74 Å². The lowest BCUT2D eigenvalue weighted by Gasteiger charge is -2.10. The quantitative estimate of drug-likeness (QED) is 0.567. The van der Waals surface area contributed by atoms with E-state index in [-0.39, 0.29) is 6.10 Å². The molecule has 1 aliphatic rings. The summed E-state index contributed by atoms with van der Waals surface area (Å²) in [7, 11) is 0. The molecule has 0 aliphatic carbocycles. The van der Waals surface area contributed by atoms with Crippen molar-refractivity contribution in [1.82, 2.24) is 0 Å². The van der Waals surface area contributed by atoms with Gasteiger partial charge in [0.2, 0.25) is 0 Å². The second-order valence-electron chi connectivity index (χ2n) is 2.87. The summed E-state index contributed by atoms with van der Waals surface area (Å²) in [4.78, 5) is 4.30. The maximum Gasteiger partial charge on any atom is 0.188 e. The first kappa shape index (κ1) is 8.31. The maximum absolute atomic E-state index is 5.53. The Morgan fingerprint density at radius 1 is 1.73 bits per heavy atom. The topological polar surface area (TPSA) is 21.6 Å². The summed E-state index contributed by atoms with van der Waals surface area (Å²) in [6.45, 7) is 6.14. The van der Waals surface area contributed by atoms with E-state index < -0.39 is 0 Å². The van der Waals surface area contributed by atoms with Crippen molar-refractivity contribution in [2.45, 2.75) is 39.7 Å². The van der Waals surface area contributed by atoms with Crippen molar-refractivity contribution in [3.05, 3.63) is 11.8 Å². The van der Waals surface area contributed by atoms with Crippen molar-refractivity contribution in [1.29, 1.82) is 0 Å². The van der Waals surface area contributed by atoms with Gasteiger partial charge < -0.3 is 4.74 Å². The fourth-order valence-electron chi connectivity index (χ4n) is 1.05. The smallest absolute Gasteiger partial charge is 0.188 e. The molecule has 0 aromatic carbocycles. The van der Waals surface area contributed by atoms with E-state index in [0.717, 1.165) is 24.4 Å². The monoisotopic (exact) mass is 153 g/mol. The maximum atomic E-state index is 5.53. The van der Waals surface area contributed by atoms with Crippen molar-refractivity contribution >= 4 is 5.90 Å². The minimum atomic E-state index is 0.283. The number of nitrogens with zero attached hydrogens (tertiary/aromatic N) is 1. The van der Waals surface area contributed by atoms with Crippen LogP contribution in [0.1, 0.15) is 33.6 Å². The highest BCUT2D eigenvalue weighted by molar-refractivity contribution is 5.77. The van der Waals surface area contributed by atoms with Crippen LogP contribution in [0, 0.1) is 0 Å². The van der Waals surface area contributed by atoms with E-state index in [0.29, 0.717) is 0 Å². The number of hydrogen-bond donors (Lipinski definition) is 0. The van der Waals surface area contributed by atoms with Crippen LogP contribution in [0.2, 0.25) is 0 Å². The van der Waals surface area contributed by atoms with E-state index in [1.807, 2.05) is 6.92 Å². The third-order valence-electron chi connectivity index (χ3n) is 1.69. The fourth-order valence-corrected chi connectivity index (χ4v) is 1.05. The molecule has 0 saturated carbocycles. The van der Waals surface area contributed by atoms with E-state index in [4.69, 9.17) is 4.74 Å². The number of ether oxygens (including phenoxy) is 1. The van der Waals surface area contributed by atoms with E-state index in [2.05, 4.69) is 24.9 Å². The molecule has 0 aromatic heterocycles. The first-order valence-corrected chi connectivity index (χ1v) is 4.13. The van der Waals surface area contributed by atoms with Gasteiger partial charge >= 0.3 is 0 Å². The molecule has 0 amide bonds. The molecule has 2 heteroatoms. The summed E-state index contributed by atoms with van der Waals surface area (Å²) >= 11 is 0. The molecule has 1 heterocycles. The van der Waals surface area contributed by atoms with E-state index in [1.165, 1.54) is 0 Å². The Kier molecular flexibility index (Phi) is 2.69. The van der Waals surface area contributed by atoms with Crippen LogP contribution < -0.4 is 0 Å². The summed E-state index contributed by atoms with van der Waals surface area (Å²) in [6.07, 6.45) is 4.26. The Morgan fingerprint density at radius 3 is 3.09 bits per heavy atom. The number of rotatable bonds is 1. The van der Waals surface area contributed by atoms with Gasteiger partial charge in [0.25, 0.3) is 0 Å². The second-order valence-corrected chi connectivity index (χ2v) is 2.87. The molecule has 0 aromatic rings. The average molecular weight is 153 g/mol. The first-order valence-electron chi connectivity index (χ1n) is 4.13. The molecule has 0 spiro atoms. The van der Waals surface area contributed by atoms with Gasteiger partial charge in [-0.05, 0) is 13.8 Å². The number of aliphatic imine (C=N–C) groups is 1. The van der Waals surface area contributed by atoms with Gasteiger partial charge in [0.1, 0.15) is 6.10 Å². The van der Waals surface area contributed by atoms with Crippen LogP contribution in [0.5, 0.6) is 0 Å². The van der Waals surface area contributed by atoms with Gasteiger partial charge in [-0.15, -0.1) is 0 Å². The standard InChI is InChI=1S/C9H15NO/c1-4-9-10-7(2)5-6-8(3)11-9/h5,8H,4,6H2,1-3H3. The third kappa shape index (κ3) is 2.37. The Bertz CT molecular complexity index is 194. The molecule has 0 fully saturated rings. The average Bonchev–Trinajstić information content (AvgIpc) is 2.13. The zero-order chi connectivity index (χ0) is 8.27. The predicted molar refractivity (Wildman–Crippen MR) is 46.6 cm³/mol. The van der Waals surface area contributed by atoms with Gasteiger partial charge in [0.15, 0.2) is 5.90 Å². The second kappa shape index (κ2) is 3.56. The summed E-state index contributed by atoms with van der Waals surface area (Å²) in [5.41, 5.74) is 1.08. The van der Waals surface area contributed by atoms with E-state index in [1.54, 1.807) is 0 Å². The van der Waals surface area contributed by atoms with Crippen LogP contribution in [-0.4, -0.2) is 12.0 Å². The Labute approximate surface area is 68.0 Å². The molecule has 0 N–H and O–H groups in total. The van der Waals surface area contributed by atoms with Gasteiger partial charge in [-0.1, -0.05) is 13.0 Å². The molecule has 1 rings (SSSR count). The van der Waals surface area contributed by atoms with E-state index in [9.17, 15) is 0 Å². The zero-order valence-electron chi connectivity index (χ0n) is 7.42. The van der Waals surface area contributed by atoms with Crippen LogP contribution in [0.4, 0.5) is 0 Å². The molecule has 2 nitrogen and oxygen atoms in total. The number of allylic oxidation sites excluding steroid dienone is 1. The zero-order valence-corrected chi connectivity index (χ0v) is 7.42. The van der Waals surface area contributed by atoms with Gasteiger partial charge in [-0.2, -0.15) is 0 Å². The molecule has 11 heavy (non-hydrogen) atoms. The molecule has 62 valence electrons. The molecule has 0 saturated heterocycles. The normalized spacial score (nSPS) is 24.8. The largest absolute Gasteiger partial charge is 0.477 e.